The number of anilines is 1. The molecule has 1 amide bonds. The van der Waals surface area contributed by atoms with E-state index in [2.05, 4.69) is 15.3 Å². The fourth-order valence-electron chi connectivity index (χ4n) is 0.972. The first-order valence-corrected chi connectivity index (χ1v) is 4.67. The summed E-state index contributed by atoms with van der Waals surface area (Å²) in [5, 5.41) is 6.36. The highest BCUT2D eigenvalue weighted by Gasteiger charge is 2.03. The first kappa shape index (κ1) is 11.4. The smallest absolute Gasteiger partial charge is 0.224 e. The van der Waals surface area contributed by atoms with Crippen molar-refractivity contribution in [1.82, 2.24) is 0 Å². The molecule has 78 valence electrons. The van der Waals surface area contributed by atoms with E-state index in [-0.39, 0.29) is 18.9 Å². The highest BCUT2D eigenvalue weighted by atomic mass is 35.5. The molecule has 1 aromatic rings. The molecule has 0 heterocycles. The predicted molar refractivity (Wildman–Crippen MR) is 58.7 cm³/mol. The fraction of sp³-hybridized carbons (Fsp3) is 0.222. The summed E-state index contributed by atoms with van der Waals surface area (Å²) in [5.41, 5.74) is 8.58. The molecule has 1 rings (SSSR count). The van der Waals surface area contributed by atoms with Crippen LogP contribution in [-0.4, -0.2) is 12.5 Å². The zero-order valence-electron chi connectivity index (χ0n) is 7.85. The SMILES string of the molecule is [N-]=[N+]=NCCC(=O)Nc1ccccc1Cl. The van der Waals surface area contributed by atoms with E-state index < -0.39 is 0 Å². The average Bonchev–Trinajstić information content (AvgIpc) is 2.22. The summed E-state index contributed by atoms with van der Waals surface area (Å²) >= 11 is 5.83. The summed E-state index contributed by atoms with van der Waals surface area (Å²) < 4.78 is 0. The van der Waals surface area contributed by atoms with Crippen molar-refractivity contribution >= 4 is 23.2 Å². The number of para-hydroxylation sites is 1. The quantitative estimate of drug-likeness (QED) is 0.476. The molecule has 0 aliphatic carbocycles. The molecule has 6 heteroatoms. The van der Waals surface area contributed by atoms with Crippen LogP contribution in [0.25, 0.3) is 10.4 Å². The van der Waals surface area contributed by atoms with E-state index in [0.717, 1.165) is 0 Å². The van der Waals surface area contributed by atoms with Crippen LogP contribution in [0.5, 0.6) is 0 Å². The summed E-state index contributed by atoms with van der Waals surface area (Å²) in [5.74, 6) is -0.226. The van der Waals surface area contributed by atoms with Gasteiger partial charge in [0.15, 0.2) is 0 Å². The number of amides is 1. The maximum Gasteiger partial charge on any atom is 0.224 e. The number of azide groups is 1. The second-order valence-electron chi connectivity index (χ2n) is 2.73. The van der Waals surface area contributed by atoms with E-state index in [1.807, 2.05) is 0 Å². The van der Waals surface area contributed by atoms with Gasteiger partial charge in [-0.05, 0) is 17.7 Å². The molecule has 1 aromatic carbocycles. The van der Waals surface area contributed by atoms with Crippen LogP contribution in [0.1, 0.15) is 6.42 Å². The first-order chi connectivity index (χ1) is 7.24. The van der Waals surface area contributed by atoms with Gasteiger partial charge in [0.05, 0.1) is 10.7 Å². The van der Waals surface area contributed by atoms with Crippen LogP contribution in [-0.2, 0) is 4.79 Å². The summed E-state index contributed by atoms with van der Waals surface area (Å²) in [6, 6.07) is 6.94. The van der Waals surface area contributed by atoms with E-state index in [1.54, 1.807) is 24.3 Å². The second kappa shape index (κ2) is 5.90. The number of nitrogens with zero attached hydrogens (tertiary/aromatic N) is 3. The number of carbonyl (C=O) groups excluding carboxylic acids is 1. The number of carbonyl (C=O) groups is 1. The van der Waals surface area contributed by atoms with Gasteiger partial charge in [0.25, 0.3) is 0 Å². The van der Waals surface area contributed by atoms with Gasteiger partial charge in [-0.15, -0.1) is 0 Å². The van der Waals surface area contributed by atoms with Crippen LogP contribution in [0.4, 0.5) is 5.69 Å². The molecule has 0 saturated carbocycles. The Morgan fingerprint density at radius 1 is 1.53 bits per heavy atom. The number of hydrogen-bond donors (Lipinski definition) is 1. The van der Waals surface area contributed by atoms with Crippen molar-refractivity contribution in [1.29, 1.82) is 0 Å². The minimum absolute atomic E-state index is 0.146. The van der Waals surface area contributed by atoms with Crippen molar-refractivity contribution in [2.45, 2.75) is 6.42 Å². The molecule has 0 unspecified atom stereocenters. The molecular formula is C9H9ClN4O. The predicted octanol–water partition coefficient (Wildman–Crippen LogP) is 2.98. The van der Waals surface area contributed by atoms with Gasteiger partial charge in [-0.25, -0.2) is 0 Å². The van der Waals surface area contributed by atoms with E-state index in [9.17, 15) is 4.79 Å². The van der Waals surface area contributed by atoms with E-state index >= 15 is 0 Å². The summed E-state index contributed by atoms with van der Waals surface area (Å²) in [4.78, 5) is 13.8. The van der Waals surface area contributed by atoms with Crippen LogP contribution in [0.15, 0.2) is 29.4 Å². The Hall–Kier alpha value is -1.71. The highest BCUT2D eigenvalue weighted by Crippen LogP contribution is 2.20. The molecule has 0 atom stereocenters. The lowest BCUT2D eigenvalue weighted by Gasteiger charge is -2.05. The van der Waals surface area contributed by atoms with Crippen molar-refractivity contribution in [2.24, 2.45) is 5.11 Å². The summed E-state index contributed by atoms with van der Waals surface area (Å²) in [6.07, 6.45) is 0.148. The number of halogens is 1. The van der Waals surface area contributed by atoms with Gasteiger partial charge < -0.3 is 5.32 Å². The van der Waals surface area contributed by atoms with Crippen LogP contribution in [0, 0.1) is 0 Å². The summed E-state index contributed by atoms with van der Waals surface area (Å²) in [6.45, 7) is 0.146. The van der Waals surface area contributed by atoms with Gasteiger partial charge in [0.1, 0.15) is 0 Å². The Labute approximate surface area is 91.7 Å². The molecule has 15 heavy (non-hydrogen) atoms. The zero-order chi connectivity index (χ0) is 11.1. The van der Waals surface area contributed by atoms with Crippen molar-refractivity contribution < 1.29 is 4.79 Å². The lowest BCUT2D eigenvalue weighted by Crippen LogP contribution is -2.12. The average molecular weight is 225 g/mol. The first-order valence-electron chi connectivity index (χ1n) is 4.29. The Balaban J connectivity index is 2.51. The Kier molecular flexibility index (Phi) is 4.47. The van der Waals surface area contributed by atoms with Gasteiger partial charge in [0.2, 0.25) is 5.91 Å². The van der Waals surface area contributed by atoms with Gasteiger partial charge in [-0.2, -0.15) is 0 Å². The second-order valence-corrected chi connectivity index (χ2v) is 3.14. The van der Waals surface area contributed by atoms with Crippen LogP contribution in [0.2, 0.25) is 5.02 Å². The maximum atomic E-state index is 11.3. The van der Waals surface area contributed by atoms with E-state index in [1.165, 1.54) is 0 Å². The Bertz CT molecular complexity index is 401. The molecule has 0 aliphatic rings. The molecule has 0 fully saturated rings. The summed E-state index contributed by atoms with van der Waals surface area (Å²) in [7, 11) is 0. The van der Waals surface area contributed by atoms with Gasteiger partial charge in [-0.3, -0.25) is 4.79 Å². The lowest BCUT2D eigenvalue weighted by molar-refractivity contribution is -0.116. The number of benzene rings is 1. The van der Waals surface area contributed by atoms with E-state index in [4.69, 9.17) is 17.1 Å². The van der Waals surface area contributed by atoms with Crippen LogP contribution in [0.3, 0.4) is 0 Å². The maximum absolute atomic E-state index is 11.3. The largest absolute Gasteiger partial charge is 0.325 e. The van der Waals surface area contributed by atoms with Gasteiger partial charge in [0, 0.05) is 17.9 Å². The standard InChI is InChI=1S/C9H9ClN4O/c10-7-3-1-2-4-8(7)13-9(15)5-6-12-14-11/h1-4H,5-6H2,(H,13,15). The third-order valence-electron chi connectivity index (χ3n) is 1.65. The fourth-order valence-corrected chi connectivity index (χ4v) is 1.15. The molecule has 0 aromatic heterocycles. The van der Waals surface area contributed by atoms with Gasteiger partial charge in [-0.1, -0.05) is 28.8 Å². The Morgan fingerprint density at radius 3 is 2.93 bits per heavy atom. The number of hydrogen-bond acceptors (Lipinski definition) is 2. The van der Waals surface area contributed by atoms with Crippen LogP contribution < -0.4 is 5.32 Å². The topological polar surface area (TPSA) is 77.9 Å². The molecule has 1 N–H and O–H groups in total. The highest BCUT2D eigenvalue weighted by molar-refractivity contribution is 6.33. The van der Waals surface area contributed by atoms with Crippen LogP contribution >= 0.6 is 11.6 Å². The zero-order valence-corrected chi connectivity index (χ0v) is 8.61. The molecule has 0 radical (unpaired) electrons. The Morgan fingerprint density at radius 2 is 2.27 bits per heavy atom. The number of nitrogens with one attached hydrogen (secondary N) is 1. The van der Waals surface area contributed by atoms with Gasteiger partial charge >= 0.3 is 0 Å². The minimum Gasteiger partial charge on any atom is -0.325 e. The molecular weight excluding hydrogens is 216 g/mol. The third-order valence-corrected chi connectivity index (χ3v) is 1.98. The monoisotopic (exact) mass is 224 g/mol. The van der Waals surface area contributed by atoms with Crippen molar-refractivity contribution in [3.8, 4) is 0 Å². The third kappa shape index (κ3) is 3.89. The van der Waals surface area contributed by atoms with Crippen molar-refractivity contribution in [3.05, 3.63) is 39.7 Å². The number of rotatable bonds is 4. The van der Waals surface area contributed by atoms with Crippen molar-refractivity contribution in [2.75, 3.05) is 11.9 Å². The van der Waals surface area contributed by atoms with E-state index in [0.29, 0.717) is 10.7 Å². The molecule has 0 saturated heterocycles. The normalized spacial score (nSPS) is 9.13. The van der Waals surface area contributed by atoms with Crippen molar-refractivity contribution in [3.63, 3.8) is 0 Å². The molecule has 5 nitrogen and oxygen atoms in total. The molecule has 0 bridgehead atoms. The lowest BCUT2D eigenvalue weighted by atomic mass is 10.3. The molecule has 0 spiro atoms. The molecule has 0 aliphatic heterocycles. The minimum atomic E-state index is -0.226.